The van der Waals surface area contributed by atoms with Crippen molar-refractivity contribution in [3.05, 3.63) is 35.9 Å². The van der Waals surface area contributed by atoms with E-state index in [1.807, 2.05) is 37.3 Å². The van der Waals surface area contributed by atoms with Gasteiger partial charge in [0.15, 0.2) is 16.7 Å². The Balaban J connectivity index is 1.25. The van der Waals surface area contributed by atoms with Crippen molar-refractivity contribution in [1.29, 1.82) is 0 Å². The van der Waals surface area contributed by atoms with Crippen molar-refractivity contribution in [2.75, 3.05) is 5.75 Å². The van der Waals surface area contributed by atoms with Crippen LogP contribution in [-0.2, 0) is 16.1 Å². The van der Waals surface area contributed by atoms with Crippen molar-refractivity contribution in [3.63, 3.8) is 0 Å². The number of Topliss-reactive ketones (excluding diaryl/α,β-unsaturated/α-hetero) is 1. The number of allylic oxidation sites excluding steroid dienone is 1. The molecule has 4 aliphatic carbocycles. The lowest BCUT2D eigenvalue weighted by Gasteiger charge is -2.60. The van der Waals surface area contributed by atoms with Crippen LogP contribution < -0.4 is 0 Å². The summed E-state index contributed by atoms with van der Waals surface area (Å²) in [4.78, 5) is 30.7. The third-order valence-electron chi connectivity index (χ3n) is 10.8. The number of nitrogens with zero attached hydrogens (tertiary/aromatic N) is 2. The minimum atomic E-state index is -1.45. The minimum Gasteiger partial charge on any atom is -0.393 e. The zero-order valence-electron chi connectivity index (χ0n) is 22.1. The predicted molar refractivity (Wildman–Crippen MR) is 144 cm³/mol. The molecule has 0 amide bonds. The molecule has 3 fully saturated rings. The molecular weight excluding hydrogens is 484 g/mol. The van der Waals surface area contributed by atoms with Gasteiger partial charge in [0.1, 0.15) is 5.60 Å². The normalized spacial score (nSPS) is 39.2. The Hall–Kier alpha value is -1.96. The van der Waals surface area contributed by atoms with Gasteiger partial charge in [-0.05, 0) is 86.8 Å². The Morgan fingerprint density at radius 2 is 1.97 bits per heavy atom. The first-order valence-corrected chi connectivity index (χ1v) is 14.9. The number of carbonyl (C=O) groups is 2. The minimum absolute atomic E-state index is 0.0787. The van der Waals surface area contributed by atoms with Gasteiger partial charge < -0.3 is 14.8 Å². The number of hydrogen-bond donors (Lipinski definition) is 2. The number of fused-ring (bicyclic) bond motifs is 6. The second-order valence-electron chi connectivity index (χ2n) is 12.3. The van der Waals surface area contributed by atoms with Crippen LogP contribution >= 0.6 is 11.8 Å². The molecule has 37 heavy (non-hydrogen) atoms. The van der Waals surface area contributed by atoms with Gasteiger partial charge in [0, 0.05) is 18.4 Å². The number of thioether (sulfide) groups is 1. The maximum Gasteiger partial charge on any atom is 0.175 e. The highest BCUT2D eigenvalue weighted by molar-refractivity contribution is 7.99. The number of aryl methyl sites for hydroxylation is 1. The van der Waals surface area contributed by atoms with Crippen LogP contribution in [0.3, 0.4) is 0 Å². The number of aliphatic hydroxyl groups excluding tert-OH is 1. The van der Waals surface area contributed by atoms with E-state index in [-0.39, 0.29) is 40.5 Å². The summed E-state index contributed by atoms with van der Waals surface area (Å²) < 4.78 is 2.12. The number of aromatic nitrogens is 2. The molecule has 0 aliphatic heterocycles. The first kappa shape index (κ1) is 25.3. The van der Waals surface area contributed by atoms with Crippen LogP contribution in [0.1, 0.15) is 65.7 Å². The molecule has 7 heteroatoms. The lowest BCUT2D eigenvalue weighted by Crippen LogP contribution is -2.61. The molecule has 0 bridgehead atoms. The molecule has 4 aliphatic rings. The highest BCUT2D eigenvalue weighted by atomic mass is 32.2. The molecule has 7 atom stereocenters. The largest absolute Gasteiger partial charge is 0.393 e. The Bertz CT molecular complexity index is 1300. The van der Waals surface area contributed by atoms with Crippen molar-refractivity contribution in [3.8, 4) is 0 Å². The van der Waals surface area contributed by atoms with Crippen LogP contribution in [-0.4, -0.2) is 48.8 Å². The third-order valence-corrected chi connectivity index (χ3v) is 11.8. The van der Waals surface area contributed by atoms with E-state index in [9.17, 15) is 19.8 Å². The average molecular weight is 523 g/mol. The fourth-order valence-corrected chi connectivity index (χ4v) is 9.91. The number of para-hydroxylation sites is 2. The van der Waals surface area contributed by atoms with Crippen molar-refractivity contribution >= 4 is 34.4 Å². The molecule has 6 unspecified atom stereocenters. The number of imidazole rings is 1. The molecule has 6 rings (SSSR count). The fraction of sp³-hybridized carbons (Fsp3) is 0.633. The second-order valence-corrected chi connectivity index (χ2v) is 13.3. The molecule has 3 saturated carbocycles. The zero-order valence-corrected chi connectivity index (χ0v) is 22.9. The average Bonchev–Trinajstić information content (AvgIpc) is 3.37. The number of aliphatic hydroxyl groups is 2. The third kappa shape index (κ3) is 3.56. The van der Waals surface area contributed by atoms with E-state index < -0.39 is 17.1 Å². The molecule has 0 radical (unpaired) electrons. The zero-order chi connectivity index (χ0) is 26.2. The Morgan fingerprint density at radius 1 is 1.19 bits per heavy atom. The van der Waals surface area contributed by atoms with Gasteiger partial charge in [0.05, 0.1) is 22.9 Å². The van der Waals surface area contributed by atoms with Gasteiger partial charge in [0.2, 0.25) is 0 Å². The SMILES string of the molecule is CCn1c(SCC(=O)[C@@]2(O)CCC3C4CCC5=CC(=O)CCC5(C)C4C(O)CC32C)nc2ccccc21. The lowest BCUT2D eigenvalue weighted by atomic mass is 9.45. The second kappa shape index (κ2) is 8.78. The van der Waals surface area contributed by atoms with Crippen LogP contribution in [0.25, 0.3) is 11.0 Å². The Labute approximate surface area is 222 Å². The number of ketones is 2. The topological polar surface area (TPSA) is 92.4 Å². The van der Waals surface area contributed by atoms with Crippen LogP contribution in [0, 0.1) is 28.6 Å². The summed E-state index contributed by atoms with van der Waals surface area (Å²) >= 11 is 1.41. The van der Waals surface area contributed by atoms with Crippen LogP contribution in [0.2, 0.25) is 0 Å². The highest BCUT2D eigenvalue weighted by Gasteiger charge is 2.68. The summed E-state index contributed by atoms with van der Waals surface area (Å²) in [5, 5.41) is 24.4. The molecule has 1 aromatic carbocycles. The van der Waals surface area contributed by atoms with Gasteiger partial charge in [-0.15, -0.1) is 0 Å². The standard InChI is InChI=1S/C30H38N2O4S/c1-4-32-23-8-6-5-7-22(23)31-27(32)37-17-25(35)30(36)14-12-21-20-10-9-18-15-19(33)11-13-28(18,2)26(20)24(34)16-29(21,30)3/h5-8,15,20-21,24,26,34,36H,4,9-14,16-17H2,1-3H3/t20?,21?,24?,26?,28?,29?,30-/m0/s1. The maximum absolute atomic E-state index is 13.8. The molecule has 1 aromatic heterocycles. The van der Waals surface area contributed by atoms with E-state index in [2.05, 4.69) is 18.4 Å². The summed E-state index contributed by atoms with van der Waals surface area (Å²) in [6.45, 7) is 7.11. The number of rotatable bonds is 5. The van der Waals surface area contributed by atoms with Crippen molar-refractivity contribution in [2.45, 2.75) is 89.1 Å². The highest BCUT2D eigenvalue weighted by Crippen LogP contribution is 2.67. The number of hydrogen-bond acceptors (Lipinski definition) is 6. The van der Waals surface area contributed by atoms with Gasteiger partial charge >= 0.3 is 0 Å². The quantitative estimate of drug-likeness (QED) is 0.540. The van der Waals surface area contributed by atoms with Crippen molar-refractivity contribution < 1.29 is 19.8 Å². The first-order valence-electron chi connectivity index (χ1n) is 13.9. The molecular formula is C30H38N2O4S. The Morgan fingerprint density at radius 3 is 2.76 bits per heavy atom. The van der Waals surface area contributed by atoms with E-state index in [1.54, 1.807) is 0 Å². The monoisotopic (exact) mass is 522 g/mol. The first-order chi connectivity index (χ1) is 17.6. The van der Waals surface area contributed by atoms with Crippen LogP contribution in [0.4, 0.5) is 0 Å². The van der Waals surface area contributed by atoms with Gasteiger partial charge in [-0.3, -0.25) is 9.59 Å². The summed E-state index contributed by atoms with van der Waals surface area (Å²) in [6, 6.07) is 7.99. The molecule has 0 saturated heterocycles. The maximum atomic E-state index is 13.8. The summed E-state index contributed by atoms with van der Waals surface area (Å²) in [6.07, 6.45) is 6.05. The molecule has 198 valence electrons. The van der Waals surface area contributed by atoms with E-state index >= 15 is 0 Å². The van der Waals surface area contributed by atoms with Crippen molar-refractivity contribution in [2.24, 2.45) is 28.6 Å². The smallest absolute Gasteiger partial charge is 0.175 e. The van der Waals surface area contributed by atoms with Gasteiger partial charge in [0.25, 0.3) is 0 Å². The van der Waals surface area contributed by atoms with Gasteiger partial charge in [-0.1, -0.05) is 43.3 Å². The van der Waals surface area contributed by atoms with E-state index in [4.69, 9.17) is 4.98 Å². The van der Waals surface area contributed by atoms with E-state index in [0.717, 1.165) is 48.4 Å². The van der Waals surface area contributed by atoms with Gasteiger partial charge in [-0.2, -0.15) is 0 Å². The van der Waals surface area contributed by atoms with E-state index in [1.165, 1.54) is 17.3 Å². The van der Waals surface area contributed by atoms with Crippen molar-refractivity contribution in [1.82, 2.24) is 9.55 Å². The van der Waals surface area contributed by atoms with Crippen LogP contribution in [0.5, 0.6) is 0 Å². The molecule has 2 aromatic rings. The molecule has 2 N–H and O–H groups in total. The van der Waals surface area contributed by atoms with Gasteiger partial charge in [-0.25, -0.2) is 4.98 Å². The number of carbonyl (C=O) groups excluding carboxylic acids is 2. The lowest BCUT2D eigenvalue weighted by molar-refractivity contribution is -0.178. The number of benzene rings is 1. The molecule has 1 heterocycles. The van der Waals surface area contributed by atoms with E-state index in [0.29, 0.717) is 19.3 Å². The summed E-state index contributed by atoms with van der Waals surface area (Å²) in [7, 11) is 0. The molecule has 0 spiro atoms. The molecule has 6 nitrogen and oxygen atoms in total. The fourth-order valence-electron chi connectivity index (χ4n) is 8.87. The summed E-state index contributed by atoms with van der Waals surface area (Å²) in [5.41, 5.74) is 0.897. The van der Waals surface area contributed by atoms with Crippen LogP contribution in [0.15, 0.2) is 41.1 Å². The predicted octanol–water partition coefficient (Wildman–Crippen LogP) is 4.95. The summed E-state index contributed by atoms with van der Waals surface area (Å²) in [5.74, 6) is 0.748. The Kier molecular flexibility index (Phi) is 6.01.